The SMILES string of the molecule is CC(N)(CCN1CCCC2CCCC21)C(=O)O. The molecule has 2 aliphatic rings. The first-order chi connectivity index (χ1) is 8.00. The number of carboxylic acids is 1. The minimum absolute atomic E-state index is 0.547. The van der Waals surface area contributed by atoms with Gasteiger partial charge in [0.2, 0.25) is 0 Å². The minimum Gasteiger partial charge on any atom is -0.480 e. The monoisotopic (exact) mass is 240 g/mol. The van der Waals surface area contributed by atoms with Crippen molar-refractivity contribution in [3.8, 4) is 0 Å². The zero-order valence-electron chi connectivity index (χ0n) is 10.7. The van der Waals surface area contributed by atoms with E-state index in [1.54, 1.807) is 6.92 Å². The van der Waals surface area contributed by atoms with Gasteiger partial charge in [0.25, 0.3) is 0 Å². The molecule has 2 fully saturated rings. The van der Waals surface area contributed by atoms with Crippen LogP contribution in [-0.4, -0.2) is 40.6 Å². The molecule has 4 nitrogen and oxygen atoms in total. The van der Waals surface area contributed by atoms with E-state index < -0.39 is 11.5 Å². The molecule has 0 radical (unpaired) electrons. The Bertz CT molecular complexity index is 291. The fourth-order valence-corrected chi connectivity index (χ4v) is 3.32. The number of fused-ring (bicyclic) bond motifs is 1. The highest BCUT2D eigenvalue weighted by molar-refractivity contribution is 5.77. The van der Waals surface area contributed by atoms with E-state index in [9.17, 15) is 4.79 Å². The van der Waals surface area contributed by atoms with Crippen LogP contribution in [-0.2, 0) is 4.79 Å². The Labute approximate surface area is 103 Å². The summed E-state index contributed by atoms with van der Waals surface area (Å²) in [5.74, 6) is -0.0323. The van der Waals surface area contributed by atoms with Gasteiger partial charge in [0.1, 0.15) is 5.54 Å². The van der Waals surface area contributed by atoms with Crippen LogP contribution in [0.5, 0.6) is 0 Å². The molecule has 4 heteroatoms. The Balaban J connectivity index is 1.88. The number of carbonyl (C=O) groups is 1. The molecule has 3 unspecified atom stereocenters. The fraction of sp³-hybridized carbons (Fsp3) is 0.923. The van der Waals surface area contributed by atoms with Crippen LogP contribution >= 0.6 is 0 Å². The van der Waals surface area contributed by atoms with E-state index in [4.69, 9.17) is 10.8 Å². The van der Waals surface area contributed by atoms with Crippen LogP contribution in [0.4, 0.5) is 0 Å². The fourth-order valence-electron chi connectivity index (χ4n) is 3.32. The number of piperidine rings is 1. The maximum atomic E-state index is 11.0. The Morgan fingerprint density at radius 3 is 2.82 bits per heavy atom. The molecular weight excluding hydrogens is 216 g/mol. The summed E-state index contributed by atoms with van der Waals surface area (Å²) in [6, 6.07) is 0.702. The first-order valence-electron chi connectivity index (χ1n) is 6.77. The third-order valence-corrected chi connectivity index (χ3v) is 4.52. The van der Waals surface area contributed by atoms with Crippen molar-refractivity contribution in [2.75, 3.05) is 13.1 Å². The second kappa shape index (κ2) is 4.94. The lowest BCUT2D eigenvalue weighted by Crippen LogP contribution is -2.50. The summed E-state index contributed by atoms with van der Waals surface area (Å²) in [7, 11) is 0. The number of nitrogens with zero attached hydrogens (tertiary/aromatic N) is 1. The van der Waals surface area contributed by atoms with Crippen LogP contribution in [0.3, 0.4) is 0 Å². The molecule has 0 aromatic heterocycles. The predicted octanol–water partition coefficient (Wildman–Crippen LogP) is 1.44. The van der Waals surface area contributed by atoms with Gasteiger partial charge in [-0.15, -0.1) is 0 Å². The predicted molar refractivity (Wildman–Crippen MR) is 66.8 cm³/mol. The summed E-state index contributed by atoms with van der Waals surface area (Å²) in [5, 5.41) is 9.01. The van der Waals surface area contributed by atoms with Crippen molar-refractivity contribution in [1.82, 2.24) is 4.90 Å². The van der Waals surface area contributed by atoms with Gasteiger partial charge in [0, 0.05) is 12.6 Å². The number of carboxylic acid groups (broad SMARTS) is 1. The van der Waals surface area contributed by atoms with Crippen LogP contribution in [0.25, 0.3) is 0 Å². The van der Waals surface area contributed by atoms with Gasteiger partial charge in [-0.3, -0.25) is 4.79 Å². The number of aliphatic carboxylic acids is 1. The van der Waals surface area contributed by atoms with E-state index in [0.717, 1.165) is 19.0 Å². The lowest BCUT2D eigenvalue weighted by atomic mass is 9.90. The maximum absolute atomic E-state index is 11.0. The summed E-state index contributed by atoms with van der Waals surface area (Å²) in [6.07, 6.45) is 7.16. The Kier molecular flexibility index (Phi) is 3.73. The van der Waals surface area contributed by atoms with E-state index in [0.29, 0.717) is 12.5 Å². The number of hydrogen-bond acceptors (Lipinski definition) is 3. The highest BCUT2D eigenvalue weighted by Gasteiger charge is 2.36. The van der Waals surface area contributed by atoms with Gasteiger partial charge >= 0.3 is 5.97 Å². The molecule has 1 heterocycles. The molecule has 1 saturated carbocycles. The van der Waals surface area contributed by atoms with Crippen LogP contribution < -0.4 is 5.73 Å². The molecule has 0 aromatic rings. The number of hydrogen-bond donors (Lipinski definition) is 2. The van der Waals surface area contributed by atoms with Gasteiger partial charge in [-0.1, -0.05) is 6.42 Å². The maximum Gasteiger partial charge on any atom is 0.323 e. The van der Waals surface area contributed by atoms with Crippen molar-refractivity contribution in [1.29, 1.82) is 0 Å². The summed E-state index contributed by atoms with van der Waals surface area (Å²) in [4.78, 5) is 13.5. The second-order valence-electron chi connectivity index (χ2n) is 5.91. The lowest BCUT2D eigenvalue weighted by Gasteiger charge is -2.38. The molecular formula is C13H24N2O2. The van der Waals surface area contributed by atoms with Crippen molar-refractivity contribution in [2.24, 2.45) is 11.7 Å². The van der Waals surface area contributed by atoms with Crippen molar-refractivity contribution in [3.05, 3.63) is 0 Å². The van der Waals surface area contributed by atoms with Gasteiger partial charge in [-0.05, 0) is 51.5 Å². The van der Waals surface area contributed by atoms with E-state index in [1.807, 2.05) is 0 Å². The summed E-state index contributed by atoms with van der Waals surface area (Å²) < 4.78 is 0. The molecule has 1 saturated heterocycles. The summed E-state index contributed by atoms with van der Waals surface area (Å²) in [6.45, 7) is 3.57. The van der Waals surface area contributed by atoms with Crippen molar-refractivity contribution in [2.45, 2.75) is 57.0 Å². The molecule has 1 aliphatic carbocycles. The van der Waals surface area contributed by atoms with E-state index >= 15 is 0 Å². The Hall–Kier alpha value is -0.610. The molecule has 3 atom stereocenters. The Morgan fingerprint density at radius 2 is 2.12 bits per heavy atom. The lowest BCUT2D eigenvalue weighted by molar-refractivity contribution is -0.143. The molecule has 3 N–H and O–H groups in total. The van der Waals surface area contributed by atoms with Gasteiger partial charge < -0.3 is 15.7 Å². The quantitative estimate of drug-likeness (QED) is 0.780. The third kappa shape index (κ3) is 2.80. The summed E-state index contributed by atoms with van der Waals surface area (Å²) >= 11 is 0. The average molecular weight is 240 g/mol. The van der Waals surface area contributed by atoms with Crippen molar-refractivity contribution in [3.63, 3.8) is 0 Å². The van der Waals surface area contributed by atoms with Crippen LogP contribution in [0, 0.1) is 5.92 Å². The molecule has 0 spiro atoms. The van der Waals surface area contributed by atoms with E-state index in [2.05, 4.69) is 4.90 Å². The molecule has 0 bridgehead atoms. The van der Waals surface area contributed by atoms with Crippen LogP contribution in [0.1, 0.15) is 45.4 Å². The zero-order chi connectivity index (χ0) is 12.5. The van der Waals surface area contributed by atoms with Gasteiger partial charge in [0.05, 0.1) is 0 Å². The summed E-state index contributed by atoms with van der Waals surface area (Å²) in [5.41, 5.74) is 4.71. The van der Waals surface area contributed by atoms with Crippen molar-refractivity contribution < 1.29 is 9.90 Å². The highest BCUT2D eigenvalue weighted by atomic mass is 16.4. The molecule has 1 aliphatic heterocycles. The molecule has 0 amide bonds. The van der Waals surface area contributed by atoms with Crippen molar-refractivity contribution >= 4 is 5.97 Å². The van der Waals surface area contributed by atoms with Crippen LogP contribution in [0.2, 0.25) is 0 Å². The van der Waals surface area contributed by atoms with Gasteiger partial charge in [-0.25, -0.2) is 0 Å². The first kappa shape index (κ1) is 12.8. The van der Waals surface area contributed by atoms with Crippen LogP contribution in [0.15, 0.2) is 0 Å². The zero-order valence-corrected chi connectivity index (χ0v) is 10.7. The molecule has 17 heavy (non-hydrogen) atoms. The normalized spacial score (nSPS) is 33.1. The first-order valence-corrected chi connectivity index (χ1v) is 6.77. The molecule has 98 valence electrons. The average Bonchev–Trinajstić information content (AvgIpc) is 2.74. The highest BCUT2D eigenvalue weighted by Crippen LogP contribution is 2.36. The molecule has 0 aromatic carbocycles. The number of nitrogens with two attached hydrogens (primary N) is 1. The van der Waals surface area contributed by atoms with Gasteiger partial charge in [0.15, 0.2) is 0 Å². The second-order valence-corrected chi connectivity index (χ2v) is 5.91. The molecule has 2 rings (SSSR count). The Morgan fingerprint density at radius 1 is 1.41 bits per heavy atom. The van der Waals surface area contributed by atoms with Gasteiger partial charge in [-0.2, -0.15) is 0 Å². The van der Waals surface area contributed by atoms with E-state index in [-0.39, 0.29) is 0 Å². The smallest absolute Gasteiger partial charge is 0.323 e. The largest absolute Gasteiger partial charge is 0.480 e. The standard InChI is InChI=1S/C13H24N2O2/c1-13(14,12(16)17)7-9-15-8-3-5-10-4-2-6-11(10)15/h10-11H,2-9,14H2,1H3,(H,16,17). The minimum atomic E-state index is -1.08. The van der Waals surface area contributed by atoms with E-state index in [1.165, 1.54) is 32.1 Å². The topological polar surface area (TPSA) is 66.6 Å². The number of rotatable bonds is 4. The number of likely N-dealkylation sites (tertiary alicyclic amines) is 1. The third-order valence-electron chi connectivity index (χ3n) is 4.52.